The monoisotopic (exact) mass is 319 g/mol. The summed E-state index contributed by atoms with van der Waals surface area (Å²) < 4.78 is 2.02. The highest BCUT2D eigenvalue weighted by molar-refractivity contribution is 7.99. The second-order valence-corrected chi connectivity index (χ2v) is 6.82. The summed E-state index contributed by atoms with van der Waals surface area (Å²) in [6.07, 6.45) is 5.41. The van der Waals surface area contributed by atoms with Crippen molar-refractivity contribution in [3.63, 3.8) is 0 Å². The van der Waals surface area contributed by atoms with Crippen LogP contribution in [0.1, 0.15) is 24.1 Å². The Hall–Kier alpha value is -1.53. The molecule has 1 fully saturated rings. The number of fused-ring (bicyclic) bond motifs is 1. The molecule has 6 heteroatoms. The van der Waals surface area contributed by atoms with E-state index in [4.69, 9.17) is 0 Å². The fraction of sp³-hybridized carbons (Fsp3) is 0.500. The van der Waals surface area contributed by atoms with Gasteiger partial charge >= 0.3 is 0 Å². The number of aryl methyl sites for hydroxylation is 1. The van der Waals surface area contributed by atoms with E-state index in [0.717, 1.165) is 36.5 Å². The van der Waals surface area contributed by atoms with E-state index in [9.17, 15) is 9.90 Å². The summed E-state index contributed by atoms with van der Waals surface area (Å²) >= 11 is 1.58. The third kappa shape index (κ3) is 3.62. The van der Waals surface area contributed by atoms with Crippen molar-refractivity contribution in [3.05, 3.63) is 35.8 Å². The summed E-state index contributed by atoms with van der Waals surface area (Å²) in [4.78, 5) is 18.4. The van der Waals surface area contributed by atoms with Crippen LogP contribution in [0.2, 0.25) is 0 Å². The zero-order chi connectivity index (χ0) is 15.5. The molecule has 1 atom stereocenters. The fourth-order valence-corrected chi connectivity index (χ4v) is 3.55. The molecule has 1 amide bonds. The van der Waals surface area contributed by atoms with E-state index in [1.54, 1.807) is 16.7 Å². The van der Waals surface area contributed by atoms with Gasteiger partial charge in [-0.3, -0.25) is 4.79 Å². The highest BCUT2D eigenvalue weighted by Gasteiger charge is 2.21. The summed E-state index contributed by atoms with van der Waals surface area (Å²) in [5.41, 5.74) is 3.12. The molecule has 3 heterocycles. The Kier molecular flexibility index (Phi) is 4.69. The lowest BCUT2D eigenvalue weighted by Gasteiger charge is -2.30. The predicted octanol–water partition coefficient (Wildman–Crippen LogP) is 1.86. The first-order valence-corrected chi connectivity index (χ1v) is 8.75. The summed E-state index contributed by atoms with van der Waals surface area (Å²) in [6, 6.07) is 4.05. The van der Waals surface area contributed by atoms with E-state index in [1.807, 2.05) is 22.7 Å². The minimum atomic E-state index is -0.357. The van der Waals surface area contributed by atoms with Gasteiger partial charge in [0.25, 0.3) is 0 Å². The third-order valence-corrected chi connectivity index (χ3v) is 4.82. The SMILES string of the molecule is Cc1ccc2nc(CSCC(=O)N3CCCC(O)C3)cn2c1. The molecule has 0 aliphatic carbocycles. The molecular formula is C16H21N3O2S. The molecule has 22 heavy (non-hydrogen) atoms. The zero-order valence-electron chi connectivity index (χ0n) is 12.7. The lowest BCUT2D eigenvalue weighted by atomic mass is 10.1. The average Bonchev–Trinajstić information content (AvgIpc) is 2.89. The predicted molar refractivity (Wildman–Crippen MR) is 87.9 cm³/mol. The minimum Gasteiger partial charge on any atom is -0.391 e. The van der Waals surface area contributed by atoms with Crippen molar-refractivity contribution in [1.29, 1.82) is 0 Å². The molecule has 1 aliphatic rings. The highest BCUT2D eigenvalue weighted by atomic mass is 32.2. The van der Waals surface area contributed by atoms with Crippen LogP contribution in [0.5, 0.6) is 0 Å². The molecule has 1 saturated heterocycles. The van der Waals surface area contributed by atoms with E-state index in [2.05, 4.69) is 18.1 Å². The van der Waals surface area contributed by atoms with Gasteiger partial charge in [-0.2, -0.15) is 0 Å². The van der Waals surface area contributed by atoms with Gasteiger partial charge in [-0.15, -0.1) is 11.8 Å². The lowest BCUT2D eigenvalue weighted by molar-refractivity contribution is -0.131. The zero-order valence-corrected chi connectivity index (χ0v) is 13.6. The first-order valence-electron chi connectivity index (χ1n) is 7.59. The molecular weight excluding hydrogens is 298 g/mol. The van der Waals surface area contributed by atoms with Crippen LogP contribution in [0.3, 0.4) is 0 Å². The summed E-state index contributed by atoms with van der Waals surface area (Å²) in [6.45, 7) is 3.30. The van der Waals surface area contributed by atoms with Crippen LogP contribution < -0.4 is 0 Å². The molecule has 1 aliphatic heterocycles. The Morgan fingerprint density at radius 2 is 2.32 bits per heavy atom. The van der Waals surface area contributed by atoms with E-state index in [1.165, 1.54) is 5.56 Å². The number of aromatic nitrogens is 2. The van der Waals surface area contributed by atoms with E-state index < -0.39 is 0 Å². The van der Waals surface area contributed by atoms with Gasteiger partial charge in [0, 0.05) is 31.2 Å². The van der Waals surface area contributed by atoms with Gasteiger partial charge in [0.05, 0.1) is 17.6 Å². The Balaban J connectivity index is 1.52. The molecule has 0 bridgehead atoms. The van der Waals surface area contributed by atoms with Gasteiger partial charge in [0.2, 0.25) is 5.91 Å². The largest absolute Gasteiger partial charge is 0.391 e. The number of hydrogen-bond donors (Lipinski definition) is 1. The molecule has 0 aromatic carbocycles. The van der Waals surface area contributed by atoms with Gasteiger partial charge in [0.1, 0.15) is 5.65 Å². The number of aliphatic hydroxyl groups is 1. The molecule has 5 nitrogen and oxygen atoms in total. The number of β-amino-alcohol motifs (C(OH)–C–C–N with tert-alkyl or cyclic N) is 1. The van der Waals surface area contributed by atoms with Crippen molar-refractivity contribution in [2.75, 3.05) is 18.8 Å². The number of amides is 1. The normalized spacial score (nSPS) is 18.8. The Bertz CT molecular complexity index is 670. The molecule has 1 unspecified atom stereocenters. The Morgan fingerprint density at radius 1 is 1.45 bits per heavy atom. The number of nitrogens with zero attached hydrogens (tertiary/aromatic N) is 3. The van der Waals surface area contributed by atoms with E-state index in [0.29, 0.717) is 12.3 Å². The van der Waals surface area contributed by atoms with Gasteiger partial charge in [-0.1, -0.05) is 6.07 Å². The van der Waals surface area contributed by atoms with Gasteiger partial charge in [-0.25, -0.2) is 4.98 Å². The standard InChI is InChI=1S/C16H21N3O2S/c1-12-4-5-15-17-13(8-19(15)7-12)10-22-11-16(21)18-6-2-3-14(20)9-18/h4-5,7-8,14,20H,2-3,6,9-11H2,1H3. The second kappa shape index (κ2) is 6.71. The number of likely N-dealkylation sites (tertiary alicyclic amines) is 1. The molecule has 0 spiro atoms. The number of aliphatic hydroxyl groups excluding tert-OH is 1. The molecule has 1 N–H and O–H groups in total. The fourth-order valence-electron chi connectivity index (χ4n) is 2.74. The van der Waals surface area contributed by atoms with Crippen molar-refractivity contribution >= 4 is 23.3 Å². The van der Waals surface area contributed by atoms with Crippen LogP contribution >= 0.6 is 11.8 Å². The van der Waals surface area contributed by atoms with Gasteiger partial charge in [-0.05, 0) is 31.4 Å². The first kappa shape index (κ1) is 15.4. The quantitative estimate of drug-likeness (QED) is 0.934. The number of rotatable bonds is 4. The maximum absolute atomic E-state index is 12.1. The number of imidazole rings is 1. The molecule has 118 valence electrons. The smallest absolute Gasteiger partial charge is 0.232 e. The van der Waals surface area contributed by atoms with Crippen molar-refractivity contribution in [2.45, 2.75) is 31.6 Å². The van der Waals surface area contributed by atoms with Crippen LogP contribution in [0.4, 0.5) is 0 Å². The van der Waals surface area contributed by atoms with Crippen LogP contribution in [0, 0.1) is 6.92 Å². The minimum absolute atomic E-state index is 0.114. The number of hydrogen-bond acceptors (Lipinski definition) is 4. The number of carbonyl (C=O) groups is 1. The molecule has 3 rings (SSSR count). The molecule has 0 radical (unpaired) electrons. The van der Waals surface area contributed by atoms with Crippen LogP contribution in [0.25, 0.3) is 5.65 Å². The number of piperidine rings is 1. The Labute approximate surface area is 134 Å². The maximum atomic E-state index is 12.1. The lowest BCUT2D eigenvalue weighted by Crippen LogP contribution is -2.43. The Morgan fingerprint density at radius 3 is 3.14 bits per heavy atom. The second-order valence-electron chi connectivity index (χ2n) is 5.83. The van der Waals surface area contributed by atoms with Crippen molar-refractivity contribution in [2.24, 2.45) is 0 Å². The number of carbonyl (C=O) groups excluding carboxylic acids is 1. The summed E-state index contributed by atoms with van der Waals surface area (Å²) in [5, 5.41) is 9.62. The molecule has 0 saturated carbocycles. The van der Waals surface area contributed by atoms with E-state index >= 15 is 0 Å². The van der Waals surface area contributed by atoms with Gasteiger partial charge in [0.15, 0.2) is 0 Å². The summed E-state index contributed by atoms with van der Waals surface area (Å²) in [5.74, 6) is 1.28. The highest BCUT2D eigenvalue weighted by Crippen LogP contribution is 2.16. The number of pyridine rings is 1. The van der Waals surface area contributed by atoms with Crippen LogP contribution in [0.15, 0.2) is 24.5 Å². The van der Waals surface area contributed by atoms with Crippen molar-refractivity contribution < 1.29 is 9.90 Å². The van der Waals surface area contributed by atoms with Crippen LogP contribution in [-0.2, 0) is 10.5 Å². The van der Waals surface area contributed by atoms with E-state index in [-0.39, 0.29) is 12.0 Å². The summed E-state index contributed by atoms with van der Waals surface area (Å²) in [7, 11) is 0. The van der Waals surface area contributed by atoms with Crippen molar-refractivity contribution in [1.82, 2.24) is 14.3 Å². The molecule has 2 aromatic heterocycles. The average molecular weight is 319 g/mol. The topological polar surface area (TPSA) is 57.8 Å². The van der Waals surface area contributed by atoms with Crippen molar-refractivity contribution in [3.8, 4) is 0 Å². The first-order chi connectivity index (χ1) is 10.6. The number of thioether (sulfide) groups is 1. The van der Waals surface area contributed by atoms with Crippen LogP contribution in [-0.4, -0.2) is 50.2 Å². The maximum Gasteiger partial charge on any atom is 0.232 e. The van der Waals surface area contributed by atoms with Gasteiger partial charge < -0.3 is 14.4 Å². The third-order valence-electron chi connectivity index (χ3n) is 3.87. The molecule has 2 aromatic rings.